The maximum atomic E-state index is 10.2. The fourth-order valence-corrected chi connectivity index (χ4v) is 2.75. The molecule has 0 aliphatic carbocycles. The Morgan fingerprint density at radius 2 is 1.82 bits per heavy atom. The van der Waals surface area contributed by atoms with E-state index in [1.807, 2.05) is 0 Å². The summed E-state index contributed by atoms with van der Waals surface area (Å²) in [4.78, 5) is 10.2. The molecule has 0 aromatic heterocycles. The van der Waals surface area contributed by atoms with Crippen LogP contribution in [0.5, 0.6) is 0 Å². The zero-order chi connectivity index (χ0) is 6.69. The minimum Gasteiger partial charge on any atom is -0.548 e. The van der Waals surface area contributed by atoms with Crippen LogP contribution >= 0.6 is 23.5 Å². The molecule has 1 rings (SSSR count). The SMILES string of the molecule is O=C([O-])[C]1SCCCS1.[Li+].[Li]. The Balaban J connectivity index is 0. The minimum atomic E-state index is -1.01. The van der Waals surface area contributed by atoms with Crippen LogP contribution in [0, 0.1) is 4.58 Å². The molecule has 2 radical (unpaired) electrons. The van der Waals surface area contributed by atoms with Crippen LogP contribution in [0.1, 0.15) is 6.42 Å². The standard InChI is InChI=1S/C5H7O2S2.2Li/c6-4(7)5-8-2-1-3-9-5;;/h1-3H2,(H,6,7);;/q;;+1/p-1. The first-order valence-electron chi connectivity index (χ1n) is 2.64. The fourth-order valence-electron chi connectivity index (χ4n) is 0.548. The molecule has 0 bridgehead atoms. The van der Waals surface area contributed by atoms with Crippen molar-refractivity contribution in [3.05, 3.63) is 4.58 Å². The summed E-state index contributed by atoms with van der Waals surface area (Å²) in [5.74, 6) is 0.844. The molecule has 1 saturated heterocycles. The van der Waals surface area contributed by atoms with E-state index in [2.05, 4.69) is 0 Å². The molecule has 0 spiro atoms. The van der Waals surface area contributed by atoms with E-state index < -0.39 is 5.97 Å². The van der Waals surface area contributed by atoms with Crippen molar-refractivity contribution in [1.82, 2.24) is 0 Å². The van der Waals surface area contributed by atoms with Crippen LogP contribution in [0.25, 0.3) is 0 Å². The Labute approximate surface area is 99.0 Å². The third kappa shape index (κ3) is 5.58. The molecule has 6 heteroatoms. The third-order valence-electron chi connectivity index (χ3n) is 0.922. The molecule has 0 aromatic carbocycles. The summed E-state index contributed by atoms with van der Waals surface area (Å²) >= 11 is 2.78. The van der Waals surface area contributed by atoms with Gasteiger partial charge in [0.2, 0.25) is 0 Å². The molecule has 52 valence electrons. The number of carboxylic acids is 1. The van der Waals surface area contributed by atoms with Crippen molar-refractivity contribution >= 4 is 48.4 Å². The van der Waals surface area contributed by atoms with Crippen molar-refractivity contribution in [3.63, 3.8) is 0 Å². The van der Waals surface area contributed by atoms with Gasteiger partial charge in [0.15, 0.2) is 0 Å². The van der Waals surface area contributed by atoms with E-state index in [1.165, 1.54) is 23.5 Å². The second kappa shape index (κ2) is 7.99. The van der Waals surface area contributed by atoms with Crippen molar-refractivity contribution in [3.8, 4) is 0 Å². The van der Waals surface area contributed by atoms with Gasteiger partial charge in [-0.2, -0.15) is 0 Å². The summed E-state index contributed by atoms with van der Waals surface area (Å²) in [5, 5.41) is 10.2. The Bertz CT molecular complexity index is 117. The van der Waals surface area contributed by atoms with Gasteiger partial charge in [-0.05, 0) is 17.9 Å². The van der Waals surface area contributed by atoms with Crippen LogP contribution in [-0.4, -0.2) is 36.3 Å². The second-order valence-electron chi connectivity index (χ2n) is 1.63. The largest absolute Gasteiger partial charge is 1.00 e. The Hall–Kier alpha value is 1.36. The molecule has 11 heavy (non-hydrogen) atoms. The van der Waals surface area contributed by atoms with Gasteiger partial charge in [0, 0.05) is 18.9 Å². The van der Waals surface area contributed by atoms with Crippen LogP contribution in [0.3, 0.4) is 0 Å². The summed E-state index contributed by atoms with van der Waals surface area (Å²) in [7, 11) is 0. The van der Waals surface area contributed by atoms with Crippen molar-refractivity contribution in [2.45, 2.75) is 6.42 Å². The molecule has 2 nitrogen and oxygen atoms in total. The number of carboxylic acid groups (broad SMARTS) is 1. The number of hydrogen-bond acceptors (Lipinski definition) is 4. The fraction of sp³-hybridized carbons (Fsp3) is 0.600. The van der Waals surface area contributed by atoms with E-state index in [0.29, 0.717) is 4.58 Å². The molecule has 0 aromatic rings. The quantitative estimate of drug-likeness (QED) is 0.393. The van der Waals surface area contributed by atoms with Gasteiger partial charge >= 0.3 is 18.9 Å². The summed E-state index contributed by atoms with van der Waals surface area (Å²) in [5.41, 5.74) is 0. The topological polar surface area (TPSA) is 40.1 Å². The molecule has 0 saturated carbocycles. The number of carbonyl (C=O) groups is 1. The number of aliphatic carboxylic acids is 1. The molecule has 0 N–H and O–H groups in total. The molecule has 1 aliphatic heterocycles. The molecular formula is C5H6Li2O2S2. The Kier molecular flexibility index (Phi) is 10.8. The van der Waals surface area contributed by atoms with Crippen molar-refractivity contribution in [1.29, 1.82) is 0 Å². The summed E-state index contributed by atoms with van der Waals surface area (Å²) in [6, 6.07) is 0. The van der Waals surface area contributed by atoms with Crippen molar-refractivity contribution < 1.29 is 28.8 Å². The molecule has 1 heterocycles. The van der Waals surface area contributed by atoms with Crippen molar-refractivity contribution in [2.24, 2.45) is 0 Å². The van der Waals surface area contributed by atoms with E-state index in [1.54, 1.807) is 0 Å². The normalized spacial score (nSPS) is 17.8. The minimum absolute atomic E-state index is 0. The zero-order valence-electron chi connectivity index (χ0n) is 6.75. The molecule has 0 unspecified atom stereocenters. The molecule has 1 fully saturated rings. The Morgan fingerprint density at radius 1 is 1.36 bits per heavy atom. The average molecular weight is 176 g/mol. The van der Waals surface area contributed by atoms with Crippen LogP contribution in [0.15, 0.2) is 0 Å². The first kappa shape index (κ1) is 14.9. The van der Waals surface area contributed by atoms with Crippen LogP contribution in [0.2, 0.25) is 0 Å². The summed E-state index contributed by atoms with van der Waals surface area (Å²) in [6.07, 6.45) is 1.10. The van der Waals surface area contributed by atoms with Gasteiger partial charge in [-0.25, -0.2) is 0 Å². The van der Waals surface area contributed by atoms with Gasteiger partial charge in [0.25, 0.3) is 0 Å². The molecular weight excluding hydrogens is 170 g/mol. The van der Waals surface area contributed by atoms with E-state index in [9.17, 15) is 9.90 Å². The van der Waals surface area contributed by atoms with Gasteiger partial charge in [0.1, 0.15) is 4.58 Å². The number of rotatable bonds is 1. The van der Waals surface area contributed by atoms with E-state index in [-0.39, 0.29) is 37.7 Å². The third-order valence-corrected chi connectivity index (χ3v) is 3.47. The first-order valence-corrected chi connectivity index (χ1v) is 4.62. The second-order valence-corrected chi connectivity index (χ2v) is 4.09. The van der Waals surface area contributed by atoms with Crippen LogP contribution < -0.4 is 24.0 Å². The van der Waals surface area contributed by atoms with Gasteiger partial charge < -0.3 is 9.90 Å². The van der Waals surface area contributed by atoms with E-state index in [4.69, 9.17) is 0 Å². The Morgan fingerprint density at radius 3 is 2.09 bits per heavy atom. The first-order chi connectivity index (χ1) is 4.30. The molecule has 0 atom stereocenters. The molecule has 1 aliphatic rings. The zero-order valence-corrected chi connectivity index (χ0v) is 8.39. The summed E-state index contributed by atoms with van der Waals surface area (Å²) < 4.78 is 0.446. The van der Waals surface area contributed by atoms with Crippen LogP contribution in [-0.2, 0) is 4.79 Å². The van der Waals surface area contributed by atoms with Gasteiger partial charge in [-0.3, -0.25) is 0 Å². The number of hydrogen-bond donors (Lipinski definition) is 0. The maximum Gasteiger partial charge on any atom is 1.00 e. The maximum absolute atomic E-state index is 10.2. The van der Waals surface area contributed by atoms with Gasteiger partial charge in [-0.1, -0.05) is 0 Å². The average Bonchev–Trinajstić information content (AvgIpc) is 1.90. The molecule has 0 amide bonds. The van der Waals surface area contributed by atoms with Crippen LogP contribution in [0.4, 0.5) is 0 Å². The van der Waals surface area contributed by atoms with E-state index >= 15 is 0 Å². The van der Waals surface area contributed by atoms with Gasteiger partial charge in [-0.15, -0.1) is 23.5 Å². The van der Waals surface area contributed by atoms with E-state index in [0.717, 1.165) is 17.9 Å². The summed E-state index contributed by atoms with van der Waals surface area (Å²) in [6.45, 7) is 0. The predicted octanol–water partition coefficient (Wildman–Crippen LogP) is -3.28. The monoisotopic (exact) mass is 176 g/mol. The van der Waals surface area contributed by atoms with Gasteiger partial charge in [0.05, 0.1) is 5.97 Å². The smallest absolute Gasteiger partial charge is 0.548 e. The number of thioether (sulfide) groups is 2. The van der Waals surface area contributed by atoms with Crippen molar-refractivity contribution in [2.75, 3.05) is 11.5 Å². The number of carbonyl (C=O) groups excluding carboxylic acids is 1. The predicted molar refractivity (Wildman–Crippen MR) is 43.5 cm³/mol.